The molecule has 6 nitrogen and oxygen atoms in total. The van der Waals surface area contributed by atoms with Crippen LogP contribution in [0, 0.1) is 11.8 Å². The van der Waals surface area contributed by atoms with Crippen molar-refractivity contribution < 1.29 is 19.4 Å². The maximum absolute atomic E-state index is 12.4. The minimum absolute atomic E-state index is 0.186. The van der Waals surface area contributed by atoms with Crippen molar-refractivity contribution >= 4 is 12.0 Å². The first-order valence-corrected chi connectivity index (χ1v) is 9.96. The van der Waals surface area contributed by atoms with Crippen LogP contribution in [0.15, 0.2) is 54.6 Å². The Balaban J connectivity index is 1.43. The molecule has 2 atom stereocenters. The van der Waals surface area contributed by atoms with Crippen LogP contribution in [0.2, 0.25) is 0 Å². The molecule has 2 amide bonds. The second-order valence-electron chi connectivity index (χ2n) is 7.73. The molecule has 29 heavy (non-hydrogen) atoms. The summed E-state index contributed by atoms with van der Waals surface area (Å²) < 4.78 is 5.74. The van der Waals surface area contributed by atoms with Crippen LogP contribution in [-0.2, 0) is 29.3 Å². The zero-order chi connectivity index (χ0) is 20.6. The lowest BCUT2D eigenvalue weighted by Crippen LogP contribution is -2.49. The number of nitrogens with zero attached hydrogens (tertiary/aromatic N) is 1. The van der Waals surface area contributed by atoms with Crippen molar-refractivity contribution in [1.29, 1.82) is 0 Å². The fourth-order valence-electron chi connectivity index (χ4n) is 3.60. The van der Waals surface area contributed by atoms with Crippen molar-refractivity contribution in [3.63, 3.8) is 0 Å². The molecule has 0 bridgehead atoms. The van der Waals surface area contributed by atoms with Crippen molar-refractivity contribution in [3.8, 4) is 0 Å². The minimum atomic E-state index is -0.834. The van der Waals surface area contributed by atoms with Gasteiger partial charge < -0.3 is 20.1 Å². The van der Waals surface area contributed by atoms with Crippen LogP contribution in [0.4, 0.5) is 4.79 Å². The molecule has 1 saturated heterocycles. The van der Waals surface area contributed by atoms with Crippen LogP contribution in [0.25, 0.3) is 0 Å². The van der Waals surface area contributed by atoms with Crippen molar-refractivity contribution in [2.45, 2.75) is 33.1 Å². The standard InChI is InChI=1S/C23H28N2O4/c1-17-11-21(22(26)27)14-25(13-17)23(28)24-12-18-7-9-20(10-8-18)16-29-15-19-5-3-2-4-6-19/h2-10,17,21H,11-16H2,1H3,(H,24,28)(H,26,27). The Kier molecular flexibility index (Phi) is 7.25. The molecule has 0 aromatic heterocycles. The molecule has 2 unspecified atom stereocenters. The highest BCUT2D eigenvalue weighted by atomic mass is 16.5. The van der Waals surface area contributed by atoms with E-state index in [1.807, 2.05) is 61.5 Å². The monoisotopic (exact) mass is 396 g/mol. The number of aliphatic carboxylic acids is 1. The second kappa shape index (κ2) is 10.1. The number of likely N-dealkylation sites (tertiary alicyclic amines) is 1. The minimum Gasteiger partial charge on any atom is -0.481 e. The summed E-state index contributed by atoms with van der Waals surface area (Å²) in [5.41, 5.74) is 3.21. The second-order valence-corrected chi connectivity index (χ2v) is 7.73. The number of carbonyl (C=O) groups excluding carboxylic acids is 1. The van der Waals surface area contributed by atoms with Crippen LogP contribution < -0.4 is 5.32 Å². The third-order valence-electron chi connectivity index (χ3n) is 5.14. The number of carbonyl (C=O) groups is 2. The zero-order valence-corrected chi connectivity index (χ0v) is 16.7. The highest BCUT2D eigenvalue weighted by molar-refractivity contribution is 5.76. The molecule has 1 aliphatic heterocycles. The molecule has 2 aromatic carbocycles. The Hall–Kier alpha value is -2.86. The summed E-state index contributed by atoms with van der Waals surface area (Å²) in [5.74, 6) is -1.13. The number of amides is 2. The molecule has 1 heterocycles. The fourth-order valence-corrected chi connectivity index (χ4v) is 3.60. The predicted octanol–water partition coefficient (Wildman–Crippen LogP) is 3.66. The summed E-state index contributed by atoms with van der Waals surface area (Å²) >= 11 is 0. The van der Waals surface area contributed by atoms with E-state index in [-0.39, 0.29) is 18.5 Å². The molecule has 0 saturated carbocycles. The number of benzene rings is 2. The van der Waals surface area contributed by atoms with Gasteiger partial charge in [-0.1, -0.05) is 61.5 Å². The first-order chi connectivity index (χ1) is 14.0. The SMILES string of the molecule is CC1CC(C(=O)O)CN(C(=O)NCc2ccc(COCc3ccccc3)cc2)C1. The van der Waals surface area contributed by atoms with Gasteiger partial charge in [0.15, 0.2) is 0 Å². The Labute approximate surface area is 171 Å². The molecular formula is C23H28N2O4. The van der Waals surface area contributed by atoms with E-state index in [1.54, 1.807) is 4.90 Å². The average Bonchev–Trinajstić information content (AvgIpc) is 2.73. The third kappa shape index (κ3) is 6.32. The summed E-state index contributed by atoms with van der Waals surface area (Å²) in [5, 5.41) is 12.1. The molecule has 2 N–H and O–H groups in total. The molecule has 6 heteroatoms. The van der Waals surface area contributed by atoms with Crippen molar-refractivity contribution in [1.82, 2.24) is 10.2 Å². The molecule has 2 aromatic rings. The van der Waals surface area contributed by atoms with Crippen molar-refractivity contribution in [2.75, 3.05) is 13.1 Å². The van der Waals surface area contributed by atoms with Gasteiger partial charge in [-0.3, -0.25) is 4.79 Å². The van der Waals surface area contributed by atoms with Gasteiger partial charge in [-0.05, 0) is 29.0 Å². The number of hydrogen-bond acceptors (Lipinski definition) is 3. The quantitative estimate of drug-likeness (QED) is 0.749. The first-order valence-electron chi connectivity index (χ1n) is 9.96. The Morgan fingerprint density at radius 3 is 2.28 bits per heavy atom. The number of piperidine rings is 1. The van der Waals surface area contributed by atoms with E-state index in [0.29, 0.717) is 32.7 Å². The van der Waals surface area contributed by atoms with Gasteiger partial charge in [-0.25, -0.2) is 4.79 Å². The Bertz CT molecular complexity index is 807. The molecular weight excluding hydrogens is 368 g/mol. The first kappa shape index (κ1) is 20.9. The number of nitrogens with one attached hydrogen (secondary N) is 1. The summed E-state index contributed by atoms with van der Waals surface area (Å²) in [6.45, 7) is 4.35. The molecule has 0 aliphatic carbocycles. The highest BCUT2D eigenvalue weighted by Crippen LogP contribution is 2.21. The lowest BCUT2D eigenvalue weighted by atomic mass is 9.91. The molecule has 1 aliphatic rings. The number of carboxylic acid groups (broad SMARTS) is 1. The normalized spacial score (nSPS) is 19.0. The van der Waals surface area contributed by atoms with E-state index in [4.69, 9.17) is 4.74 Å². The third-order valence-corrected chi connectivity index (χ3v) is 5.14. The fraction of sp³-hybridized carbons (Fsp3) is 0.391. The molecule has 1 fully saturated rings. The van der Waals surface area contributed by atoms with Gasteiger partial charge in [0.05, 0.1) is 19.1 Å². The largest absolute Gasteiger partial charge is 0.481 e. The van der Waals surface area contributed by atoms with Gasteiger partial charge in [-0.2, -0.15) is 0 Å². The maximum atomic E-state index is 12.4. The van der Waals surface area contributed by atoms with E-state index < -0.39 is 11.9 Å². The summed E-state index contributed by atoms with van der Waals surface area (Å²) in [4.78, 5) is 25.3. The highest BCUT2D eigenvalue weighted by Gasteiger charge is 2.31. The van der Waals surface area contributed by atoms with Gasteiger partial charge in [-0.15, -0.1) is 0 Å². The summed E-state index contributed by atoms with van der Waals surface area (Å²) in [7, 11) is 0. The smallest absolute Gasteiger partial charge is 0.317 e. The number of ether oxygens (including phenoxy) is 1. The lowest BCUT2D eigenvalue weighted by Gasteiger charge is -2.34. The van der Waals surface area contributed by atoms with E-state index in [9.17, 15) is 14.7 Å². The Morgan fingerprint density at radius 1 is 1.00 bits per heavy atom. The number of rotatable bonds is 7. The number of urea groups is 1. The van der Waals surface area contributed by atoms with Gasteiger partial charge in [0.2, 0.25) is 0 Å². The maximum Gasteiger partial charge on any atom is 0.317 e. The Morgan fingerprint density at radius 2 is 1.62 bits per heavy atom. The summed E-state index contributed by atoms with van der Waals surface area (Å²) in [6, 6.07) is 17.8. The predicted molar refractivity (Wildman–Crippen MR) is 110 cm³/mol. The van der Waals surface area contributed by atoms with Gasteiger partial charge in [0, 0.05) is 19.6 Å². The lowest BCUT2D eigenvalue weighted by molar-refractivity contribution is -0.143. The molecule has 0 spiro atoms. The summed E-state index contributed by atoms with van der Waals surface area (Å²) in [6.07, 6.45) is 0.618. The van der Waals surface area contributed by atoms with Crippen LogP contribution >= 0.6 is 0 Å². The topological polar surface area (TPSA) is 78.9 Å². The van der Waals surface area contributed by atoms with Gasteiger partial charge >= 0.3 is 12.0 Å². The van der Waals surface area contributed by atoms with E-state index in [1.165, 1.54) is 0 Å². The molecule has 154 valence electrons. The molecule has 3 rings (SSSR count). The van der Waals surface area contributed by atoms with Crippen molar-refractivity contribution in [2.24, 2.45) is 11.8 Å². The van der Waals surface area contributed by atoms with Crippen LogP contribution in [-0.4, -0.2) is 35.1 Å². The number of hydrogen-bond donors (Lipinski definition) is 2. The van der Waals surface area contributed by atoms with Crippen molar-refractivity contribution in [3.05, 3.63) is 71.3 Å². The average molecular weight is 396 g/mol. The van der Waals surface area contributed by atoms with Crippen LogP contribution in [0.3, 0.4) is 0 Å². The molecule has 0 radical (unpaired) electrons. The van der Waals surface area contributed by atoms with E-state index in [2.05, 4.69) is 5.32 Å². The van der Waals surface area contributed by atoms with E-state index >= 15 is 0 Å². The number of carboxylic acids is 1. The van der Waals surface area contributed by atoms with E-state index in [0.717, 1.165) is 16.7 Å². The van der Waals surface area contributed by atoms with Crippen LogP contribution in [0.1, 0.15) is 30.0 Å². The van der Waals surface area contributed by atoms with Crippen LogP contribution in [0.5, 0.6) is 0 Å². The zero-order valence-electron chi connectivity index (χ0n) is 16.7. The van der Waals surface area contributed by atoms with Gasteiger partial charge in [0.25, 0.3) is 0 Å². The van der Waals surface area contributed by atoms with Gasteiger partial charge in [0.1, 0.15) is 0 Å².